The maximum atomic E-state index is 6.83. The van der Waals surface area contributed by atoms with Crippen molar-refractivity contribution in [3.63, 3.8) is 0 Å². The van der Waals surface area contributed by atoms with E-state index in [0.29, 0.717) is 0 Å². The molecule has 0 unspecified atom stereocenters. The molecule has 0 saturated carbocycles. The SMILES string of the molecule is N=C(N)n1cccn1.[Cl-]. The Hall–Kier alpha value is -1.03. The minimum atomic E-state index is -0.0602. The van der Waals surface area contributed by atoms with E-state index >= 15 is 0 Å². The van der Waals surface area contributed by atoms with Crippen molar-refractivity contribution < 1.29 is 12.4 Å². The zero-order valence-electron chi connectivity index (χ0n) is 4.58. The lowest BCUT2D eigenvalue weighted by atomic mass is 10.7. The second-order valence-corrected chi connectivity index (χ2v) is 1.34. The molecule has 0 aliphatic carbocycles. The van der Waals surface area contributed by atoms with Crippen LogP contribution >= 0.6 is 0 Å². The average Bonchev–Trinajstić information content (AvgIpc) is 2.12. The molecule has 0 radical (unpaired) electrons. The van der Waals surface area contributed by atoms with Crippen molar-refractivity contribution in [3.8, 4) is 0 Å². The molecule has 1 rings (SSSR count). The number of hydrogen-bond acceptors (Lipinski definition) is 2. The van der Waals surface area contributed by atoms with Crippen molar-refractivity contribution >= 4 is 5.96 Å². The van der Waals surface area contributed by atoms with Gasteiger partial charge in [0.25, 0.3) is 0 Å². The summed E-state index contributed by atoms with van der Waals surface area (Å²) in [6, 6.07) is 1.71. The third-order valence-electron chi connectivity index (χ3n) is 0.751. The summed E-state index contributed by atoms with van der Waals surface area (Å²) in [5.74, 6) is -0.0602. The van der Waals surface area contributed by atoms with E-state index < -0.39 is 0 Å². The first-order chi connectivity index (χ1) is 3.80. The third kappa shape index (κ3) is 1.73. The number of nitrogens with zero attached hydrogens (tertiary/aromatic N) is 2. The van der Waals surface area contributed by atoms with E-state index in [4.69, 9.17) is 11.1 Å². The summed E-state index contributed by atoms with van der Waals surface area (Å²) >= 11 is 0. The third-order valence-corrected chi connectivity index (χ3v) is 0.751. The molecule has 1 aromatic rings. The molecule has 4 nitrogen and oxygen atoms in total. The molecule has 9 heavy (non-hydrogen) atoms. The van der Waals surface area contributed by atoms with E-state index in [0.717, 1.165) is 0 Å². The molecule has 0 atom stereocenters. The topological polar surface area (TPSA) is 67.7 Å². The Morgan fingerprint density at radius 3 is 2.56 bits per heavy atom. The number of halogens is 1. The van der Waals surface area contributed by atoms with Gasteiger partial charge in [-0.05, 0) is 6.07 Å². The maximum Gasteiger partial charge on any atom is 0.213 e. The largest absolute Gasteiger partial charge is 1.00 e. The molecule has 0 spiro atoms. The van der Waals surface area contributed by atoms with Gasteiger partial charge in [0.15, 0.2) is 0 Å². The first kappa shape index (κ1) is 7.97. The standard InChI is InChI=1S/C4H6N4.ClH/c5-4(6)8-3-1-2-7-8;/h1-3H,(H3,5,6);1H/p-1. The van der Waals surface area contributed by atoms with Crippen molar-refractivity contribution in [1.29, 1.82) is 5.41 Å². The highest BCUT2D eigenvalue weighted by Crippen LogP contribution is 1.77. The molecule has 0 aromatic carbocycles. The summed E-state index contributed by atoms with van der Waals surface area (Å²) in [7, 11) is 0. The van der Waals surface area contributed by atoms with E-state index in [9.17, 15) is 0 Å². The van der Waals surface area contributed by atoms with Crippen molar-refractivity contribution in [1.82, 2.24) is 9.78 Å². The van der Waals surface area contributed by atoms with Gasteiger partial charge < -0.3 is 18.1 Å². The molecule has 0 amide bonds. The highest BCUT2D eigenvalue weighted by molar-refractivity contribution is 5.75. The Balaban J connectivity index is 0.000000640. The Morgan fingerprint density at radius 2 is 2.33 bits per heavy atom. The Bertz CT molecular complexity index is 180. The van der Waals surface area contributed by atoms with E-state index in [2.05, 4.69) is 5.10 Å². The fourth-order valence-corrected chi connectivity index (χ4v) is 0.411. The molecule has 50 valence electrons. The van der Waals surface area contributed by atoms with Crippen LogP contribution < -0.4 is 18.1 Å². The number of nitrogens with two attached hydrogens (primary N) is 1. The lowest BCUT2D eigenvalue weighted by Crippen LogP contribution is -3.00. The number of aromatic nitrogens is 2. The van der Waals surface area contributed by atoms with E-state index in [-0.39, 0.29) is 18.4 Å². The molecular weight excluding hydrogens is 140 g/mol. The number of nitrogens with one attached hydrogen (secondary N) is 1. The number of hydrogen-bond donors (Lipinski definition) is 2. The van der Waals surface area contributed by atoms with Crippen LogP contribution in [-0.2, 0) is 0 Å². The molecule has 0 saturated heterocycles. The van der Waals surface area contributed by atoms with E-state index in [1.165, 1.54) is 4.68 Å². The number of nitrogen functional groups attached to an aromatic ring is 1. The summed E-state index contributed by atoms with van der Waals surface area (Å²) in [6.07, 6.45) is 3.18. The Morgan fingerprint density at radius 1 is 1.67 bits per heavy atom. The van der Waals surface area contributed by atoms with Gasteiger partial charge >= 0.3 is 0 Å². The summed E-state index contributed by atoms with van der Waals surface area (Å²) < 4.78 is 1.28. The van der Waals surface area contributed by atoms with Crippen molar-refractivity contribution in [2.75, 3.05) is 0 Å². The Kier molecular flexibility index (Phi) is 2.73. The van der Waals surface area contributed by atoms with Gasteiger partial charge in [-0.3, -0.25) is 5.41 Å². The highest BCUT2D eigenvalue weighted by Gasteiger charge is 1.87. The zero-order valence-corrected chi connectivity index (χ0v) is 5.34. The molecular formula is C4H6ClN4-. The lowest BCUT2D eigenvalue weighted by Gasteiger charge is -1.91. The van der Waals surface area contributed by atoms with Crippen LogP contribution in [0.25, 0.3) is 0 Å². The van der Waals surface area contributed by atoms with Gasteiger partial charge in [0, 0.05) is 12.4 Å². The summed E-state index contributed by atoms with van der Waals surface area (Å²) in [5, 5.41) is 10.5. The van der Waals surface area contributed by atoms with Gasteiger partial charge in [0.1, 0.15) is 0 Å². The van der Waals surface area contributed by atoms with Gasteiger partial charge in [-0.25, -0.2) is 4.68 Å². The van der Waals surface area contributed by atoms with Crippen LogP contribution in [0, 0.1) is 5.41 Å². The molecule has 1 heterocycles. The van der Waals surface area contributed by atoms with Crippen LogP contribution in [0.4, 0.5) is 0 Å². The highest BCUT2D eigenvalue weighted by atomic mass is 35.5. The molecule has 3 N–H and O–H groups in total. The van der Waals surface area contributed by atoms with Crippen molar-refractivity contribution in [2.45, 2.75) is 0 Å². The molecule has 0 bridgehead atoms. The predicted molar refractivity (Wildman–Crippen MR) is 29.5 cm³/mol. The fraction of sp³-hybridized carbons (Fsp3) is 0. The normalized spacial score (nSPS) is 8.00. The van der Waals surface area contributed by atoms with Gasteiger partial charge in [-0.1, -0.05) is 0 Å². The molecule has 0 fully saturated rings. The summed E-state index contributed by atoms with van der Waals surface area (Å²) in [5.41, 5.74) is 5.04. The van der Waals surface area contributed by atoms with Crippen LogP contribution in [-0.4, -0.2) is 15.7 Å². The smallest absolute Gasteiger partial charge is 0.213 e. The van der Waals surface area contributed by atoms with E-state index in [1.54, 1.807) is 18.5 Å². The van der Waals surface area contributed by atoms with Gasteiger partial charge in [-0.2, -0.15) is 5.10 Å². The van der Waals surface area contributed by atoms with Gasteiger partial charge in [0.2, 0.25) is 5.96 Å². The second-order valence-electron chi connectivity index (χ2n) is 1.34. The first-order valence-corrected chi connectivity index (χ1v) is 2.15. The monoisotopic (exact) mass is 145 g/mol. The average molecular weight is 146 g/mol. The fourth-order valence-electron chi connectivity index (χ4n) is 0.411. The molecule has 1 aromatic heterocycles. The van der Waals surface area contributed by atoms with Crippen LogP contribution in [0.15, 0.2) is 18.5 Å². The van der Waals surface area contributed by atoms with Crippen molar-refractivity contribution in [3.05, 3.63) is 18.5 Å². The summed E-state index contributed by atoms with van der Waals surface area (Å²) in [4.78, 5) is 0. The summed E-state index contributed by atoms with van der Waals surface area (Å²) in [6.45, 7) is 0. The van der Waals surface area contributed by atoms with Crippen LogP contribution in [0.2, 0.25) is 0 Å². The van der Waals surface area contributed by atoms with Gasteiger partial charge in [-0.15, -0.1) is 0 Å². The van der Waals surface area contributed by atoms with Crippen LogP contribution in [0.3, 0.4) is 0 Å². The van der Waals surface area contributed by atoms with Gasteiger partial charge in [0.05, 0.1) is 0 Å². The molecule has 0 aliphatic rings. The maximum absolute atomic E-state index is 6.83. The zero-order chi connectivity index (χ0) is 5.98. The first-order valence-electron chi connectivity index (χ1n) is 2.15. The molecule has 5 heteroatoms. The van der Waals surface area contributed by atoms with Crippen LogP contribution in [0.5, 0.6) is 0 Å². The minimum Gasteiger partial charge on any atom is -1.00 e. The number of rotatable bonds is 0. The van der Waals surface area contributed by atoms with Crippen LogP contribution in [0.1, 0.15) is 0 Å². The quantitative estimate of drug-likeness (QED) is 0.296. The lowest BCUT2D eigenvalue weighted by molar-refractivity contribution is -0.00000215. The minimum absolute atomic E-state index is 0. The second kappa shape index (κ2) is 3.09. The van der Waals surface area contributed by atoms with Crippen molar-refractivity contribution in [2.24, 2.45) is 5.73 Å². The predicted octanol–water partition coefficient (Wildman–Crippen LogP) is -3.37. The van der Waals surface area contributed by atoms with E-state index in [1.807, 2.05) is 0 Å². The molecule has 0 aliphatic heterocycles. The Labute approximate surface area is 58.6 Å².